The molecule has 34 heavy (non-hydrogen) atoms. The zero-order chi connectivity index (χ0) is 24.1. The average molecular weight is 470 g/mol. The maximum absolute atomic E-state index is 13.9. The zero-order valence-electron chi connectivity index (χ0n) is 17.7. The van der Waals surface area contributed by atoms with E-state index >= 15 is 0 Å². The molecular formula is C26H17ClFN5O. The fourth-order valence-corrected chi connectivity index (χ4v) is 3.52. The van der Waals surface area contributed by atoms with Gasteiger partial charge in [0.1, 0.15) is 47.4 Å². The number of halogens is 2. The van der Waals surface area contributed by atoms with Gasteiger partial charge in [-0.2, -0.15) is 15.6 Å². The Morgan fingerprint density at radius 3 is 2.44 bits per heavy atom. The van der Waals surface area contributed by atoms with Gasteiger partial charge in [-0.1, -0.05) is 48.0 Å². The van der Waals surface area contributed by atoms with Gasteiger partial charge in [0.15, 0.2) is 0 Å². The third-order valence-electron chi connectivity index (χ3n) is 5.05. The zero-order valence-corrected chi connectivity index (χ0v) is 18.5. The number of nitrogen functional groups attached to an aromatic ring is 1. The van der Waals surface area contributed by atoms with E-state index in [-0.39, 0.29) is 34.8 Å². The topological polar surface area (TPSA) is 101 Å². The first-order chi connectivity index (χ1) is 16.5. The van der Waals surface area contributed by atoms with E-state index in [9.17, 15) is 14.9 Å². The molecule has 1 aromatic heterocycles. The van der Waals surface area contributed by atoms with Gasteiger partial charge >= 0.3 is 0 Å². The highest BCUT2D eigenvalue weighted by Crippen LogP contribution is 2.28. The Morgan fingerprint density at radius 2 is 1.79 bits per heavy atom. The molecule has 6 nitrogen and oxygen atoms in total. The molecule has 4 aromatic rings. The van der Waals surface area contributed by atoms with Crippen LogP contribution in [-0.2, 0) is 6.61 Å². The van der Waals surface area contributed by atoms with Crippen LogP contribution in [0.1, 0.15) is 22.4 Å². The summed E-state index contributed by atoms with van der Waals surface area (Å²) in [5, 5.41) is 24.1. The number of hydrogen-bond donors (Lipinski definition) is 1. The summed E-state index contributed by atoms with van der Waals surface area (Å²) in [7, 11) is 0. The van der Waals surface area contributed by atoms with Crippen molar-refractivity contribution in [3.05, 3.63) is 106 Å². The lowest BCUT2D eigenvalue weighted by atomic mass is 10.1. The minimum absolute atomic E-state index is 0.0220. The summed E-state index contributed by atoms with van der Waals surface area (Å²) in [6.45, 7) is -0.0220. The van der Waals surface area contributed by atoms with Crippen LogP contribution in [0.2, 0.25) is 5.02 Å². The van der Waals surface area contributed by atoms with Crippen LogP contribution in [0.3, 0.4) is 0 Å². The number of nitrogens with zero attached hydrogens (tertiary/aromatic N) is 4. The molecule has 2 N–H and O–H groups in total. The molecule has 0 fully saturated rings. The van der Waals surface area contributed by atoms with E-state index in [0.29, 0.717) is 22.0 Å². The van der Waals surface area contributed by atoms with Gasteiger partial charge in [0, 0.05) is 5.56 Å². The van der Waals surface area contributed by atoms with Gasteiger partial charge in [0.05, 0.1) is 16.3 Å². The van der Waals surface area contributed by atoms with Crippen molar-refractivity contribution < 1.29 is 9.13 Å². The van der Waals surface area contributed by atoms with Crippen LogP contribution in [0.4, 0.5) is 10.2 Å². The van der Waals surface area contributed by atoms with Gasteiger partial charge in [0.25, 0.3) is 0 Å². The quantitative estimate of drug-likeness (QED) is 0.362. The van der Waals surface area contributed by atoms with E-state index in [2.05, 4.69) is 11.2 Å². The van der Waals surface area contributed by atoms with Gasteiger partial charge in [-0.15, -0.1) is 0 Å². The molecule has 8 heteroatoms. The second-order valence-corrected chi connectivity index (χ2v) is 7.60. The Hall–Kier alpha value is -4.59. The fourth-order valence-electron chi connectivity index (χ4n) is 3.30. The highest BCUT2D eigenvalue weighted by molar-refractivity contribution is 6.31. The Kier molecular flexibility index (Phi) is 6.59. The van der Waals surface area contributed by atoms with Crippen molar-refractivity contribution in [3.63, 3.8) is 0 Å². The van der Waals surface area contributed by atoms with E-state index in [1.165, 1.54) is 16.8 Å². The second-order valence-electron chi connectivity index (χ2n) is 7.20. The molecule has 166 valence electrons. The molecule has 0 spiro atoms. The molecule has 0 amide bonds. The van der Waals surface area contributed by atoms with Crippen LogP contribution in [-0.4, -0.2) is 9.78 Å². The lowest BCUT2D eigenvalue weighted by molar-refractivity contribution is 0.300. The molecule has 0 aliphatic heterocycles. The molecule has 0 bridgehead atoms. The Balaban J connectivity index is 1.59. The molecule has 1 heterocycles. The van der Waals surface area contributed by atoms with Gasteiger partial charge in [-0.3, -0.25) is 0 Å². The summed E-state index contributed by atoms with van der Waals surface area (Å²) >= 11 is 6.03. The minimum Gasteiger partial charge on any atom is -0.489 e. The largest absolute Gasteiger partial charge is 0.489 e. The number of hydrogen-bond acceptors (Lipinski definition) is 5. The molecule has 0 saturated carbocycles. The van der Waals surface area contributed by atoms with Crippen LogP contribution in [0.25, 0.3) is 17.3 Å². The van der Waals surface area contributed by atoms with Gasteiger partial charge in [-0.05, 0) is 48.0 Å². The Morgan fingerprint density at radius 1 is 1.06 bits per heavy atom. The van der Waals surface area contributed by atoms with Gasteiger partial charge < -0.3 is 10.5 Å². The third kappa shape index (κ3) is 4.61. The summed E-state index contributed by atoms with van der Waals surface area (Å²) in [6, 6.07) is 24.6. The number of allylic oxidation sites excluding steroid dienone is 1. The summed E-state index contributed by atoms with van der Waals surface area (Å²) < 4.78 is 21.0. The first-order valence-electron chi connectivity index (χ1n) is 10.1. The van der Waals surface area contributed by atoms with Crippen LogP contribution >= 0.6 is 11.6 Å². The fraction of sp³-hybridized carbons (Fsp3) is 0.0385. The summed E-state index contributed by atoms with van der Waals surface area (Å²) in [5.41, 5.74) is 8.28. The average Bonchev–Trinajstić information content (AvgIpc) is 3.19. The van der Waals surface area contributed by atoms with Crippen molar-refractivity contribution in [2.45, 2.75) is 6.61 Å². The molecule has 4 rings (SSSR count). The van der Waals surface area contributed by atoms with E-state index in [1.807, 2.05) is 24.3 Å². The van der Waals surface area contributed by atoms with Crippen molar-refractivity contribution in [1.29, 1.82) is 10.5 Å². The molecule has 0 saturated heterocycles. The predicted octanol–water partition coefficient (Wildman–Crippen LogP) is 5.76. The SMILES string of the molecule is N#C/C(=C/c1ccc(OCc2c(F)cccc2Cl)cc1)c1nn(-c2ccccc2)c(N)c1C#N. The van der Waals surface area contributed by atoms with Gasteiger partial charge in [0.2, 0.25) is 0 Å². The summed E-state index contributed by atoms with van der Waals surface area (Å²) in [6.07, 6.45) is 1.61. The van der Waals surface area contributed by atoms with E-state index < -0.39 is 5.82 Å². The smallest absolute Gasteiger partial charge is 0.145 e. The number of nitriles is 2. The van der Waals surface area contributed by atoms with E-state index in [1.54, 1.807) is 48.5 Å². The van der Waals surface area contributed by atoms with Crippen LogP contribution in [0.5, 0.6) is 5.75 Å². The molecule has 3 aromatic carbocycles. The van der Waals surface area contributed by atoms with Crippen molar-refractivity contribution >= 4 is 29.1 Å². The molecule has 0 aliphatic rings. The van der Waals surface area contributed by atoms with Crippen LogP contribution in [0, 0.1) is 28.5 Å². The summed E-state index contributed by atoms with van der Waals surface area (Å²) in [5.74, 6) is 0.221. The number of benzene rings is 3. The van der Waals surface area contributed by atoms with Crippen molar-refractivity contribution in [3.8, 4) is 23.6 Å². The lowest BCUT2D eigenvalue weighted by Gasteiger charge is -2.09. The van der Waals surface area contributed by atoms with Gasteiger partial charge in [-0.25, -0.2) is 9.07 Å². The predicted molar refractivity (Wildman–Crippen MR) is 128 cm³/mol. The minimum atomic E-state index is -0.437. The monoisotopic (exact) mass is 469 g/mol. The summed E-state index contributed by atoms with van der Waals surface area (Å²) in [4.78, 5) is 0. The first-order valence-corrected chi connectivity index (χ1v) is 10.5. The third-order valence-corrected chi connectivity index (χ3v) is 5.40. The highest BCUT2D eigenvalue weighted by atomic mass is 35.5. The maximum atomic E-state index is 13.9. The van der Waals surface area contributed by atoms with E-state index in [4.69, 9.17) is 22.1 Å². The Labute approximate surface area is 200 Å². The molecular weight excluding hydrogens is 453 g/mol. The number of para-hydroxylation sites is 1. The normalized spacial score (nSPS) is 11.0. The van der Waals surface area contributed by atoms with E-state index in [0.717, 1.165) is 0 Å². The number of nitrogens with two attached hydrogens (primary N) is 1. The number of aromatic nitrogens is 2. The van der Waals surface area contributed by atoms with Crippen LogP contribution < -0.4 is 10.5 Å². The van der Waals surface area contributed by atoms with Crippen molar-refractivity contribution in [2.24, 2.45) is 0 Å². The second kappa shape index (κ2) is 9.91. The highest BCUT2D eigenvalue weighted by Gasteiger charge is 2.20. The van der Waals surface area contributed by atoms with Crippen molar-refractivity contribution in [1.82, 2.24) is 9.78 Å². The standard InChI is InChI=1S/C26H17ClFN5O/c27-23-7-4-8-24(28)22(23)16-34-20-11-9-17(10-12-20)13-18(14-29)25-21(15-30)26(31)33(32-25)19-5-2-1-3-6-19/h1-13H,16,31H2/b18-13-. The van der Waals surface area contributed by atoms with Crippen LogP contribution in [0.15, 0.2) is 72.8 Å². The first kappa shape index (κ1) is 22.6. The molecule has 0 unspecified atom stereocenters. The molecule has 0 atom stereocenters. The Bertz CT molecular complexity index is 1430. The number of anilines is 1. The lowest BCUT2D eigenvalue weighted by Crippen LogP contribution is -2.02. The van der Waals surface area contributed by atoms with Crippen molar-refractivity contribution in [2.75, 3.05) is 5.73 Å². The number of ether oxygens (including phenoxy) is 1. The number of rotatable bonds is 6. The molecule has 0 aliphatic carbocycles. The maximum Gasteiger partial charge on any atom is 0.145 e. The molecule has 0 radical (unpaired) electrons.